The number of aromatic nitrogens is 2. The Bertz CT molecular complexity index is 2990. The predicted molar refractivity (Wildman–Crippen MR) is 265 cm³/mol. The maximum atomic E-state index is 6.47. The van der Waals surface area contributed by atoms with E-state index < -0.39 is 8.07 Å². The van der Waals surface area contributed by atoms with Crippen LogP contribution in [0.1, 0.15) is 52.7 Å². The monoisotopic (exact) mass is 1020 g/mol. The third kappa shape index (κ3) is 10.4. The Labute approximate surface area is 389 Å². The number of nitrogens with zero attached hydrogens (tertiary/aromatic N) is 2. The summed E-state index contributed by atoms with van der Waals surface area (Å²) in [6, 6.07) is 59.7. The number of benzene rings is 6. The fourth-order valence-electron chi connectivity index (χ4n) is 8.18. The summed E-state index contributed by atoms with van der Waals surface area (Å²) in [5.74, 6) is 0. The van der Waals surface area contributed by atoms with Crippen LogP contribution in [0.25, 0.3) is 77.8 Å². The summed E-state index contributed by atoms with van der Waals surface area (Å²) < 4.78 is 6.47. The summed E-state index contributed by atoms with van der Waals surface area (Å²) in [6.07, 6.45) is 5.06. The van der Waals surface area contributed by atoms with Gasteiger partial charge in [-0.3, -0.25) is 0 Å². The SMILES string of the molecule is CC(C)(C)Cc1cc(-c2[c-]ccc(-c3ccccc3)c2)ncc1[Si](C)(C)C.CC(C)(C)c1cccc(-c2c[c-]c(-c3cc(-c4ccccc4)ccn3)c3oc4ccccc4c23)c1.[Ir]. The molecule has 6 aromatic carbocycles. The Morgan fingerprint density at radius 2 is 1.25 bits per heavy atom. The Hall–Kier alpha value is -5.71. The van der Waals surface area contributed by atoms with Crippen LogP contribution in [0.5, 0.6) is 0 Å². The second-order valence-electron chi connectivity index (χ2n) is 19.6. The van der Waals surface area contributed by atoms with Gasteiger partial charge in [-0.15, -0.1) is 47.5 Å². The molecule has 9 rings (SSSR count). The molecule has 0 atom stereocenters. The van der Waals surface area contributed by atoms with Gasteiger partial charge in [0, 0.05) is 37.9 Å². The minimum absolute atomic E-state index is 0. The van der Waals surface area contributed by atoms with Crippen LogP contribution in [0.15, 0.2) is 168 Å². The first-order chi connectivity index (χ1) is 29.6. The molecular weight excluding hydrogens is 961 g/mol. The Morgan fingerprint density at radius 1 is 0.603 bits per heavy atom. The number of rotatable bonds is 7. The average molecular weight is 1020 g/mol. The maximum absolute atomic E-state index is 6.47. The van der Waals surface area contributed by atoms with Crippen molar-refractivity contribution in [1.82, 2.24) is 9.97 Å². The van der Waals surface area contributed by atoms with Crippen molar-refractivity contribution in [3.05, 3.63) is 187 Å². The first-order valence-electron chi connectivity index (χ1n) is 21.7. The van der Waals surface area contributed by atoms with Crippen LogP contribution < -0.4 is 5.19 Å². The van der Waals surface area contributed by atoms with Crippen LogP contribution in [0.2, 0.25) is 19.6 Å². The topological polar surface area (TPSA) is 38.9 Å². The van der Waals surface area contributed by atoms with E-state index >= 15 is 0 Å². The molecule has 3 heterocycles. The van der Waals surface area contributed by atoms with Gasteiger partial charge in [-0.05, 0) is 73.6 Å². The molecule has 0 aliphatic rings. The molecule has 0 saturated heterocycles. The molecule has 0 unspecified atom stereocenters. The average Bonchev–Trinajstić information content (AvgIpc) is 3.66. The largest absolute Gasteiger partial charge is 0.501 e. The zero-order chi connectivity index (χ0) is 43.6. The molecular formula is C58H56IrN2OSi-2. The first-order valence-corrected chi connectivity index (χ1v) is 25.2. The van der Waals surface area contributed by atoms with Gasteiger partial charge in [0.25, 0.3) is 0 Å². The van der Waals surface area contributed by atoms with Gasteiger partial charge in [-0.25, -0.2) is 0 Å². The summed E-state index contributed by atoms with van der Waals surface area (Å²) in [5.41, 5.74) is 15.6. The van der Waals surface area contributed by atoms with Gasteiger partial charge in [-0.2, -0.15) is 0 Å². The Morgan fingerprint density at radius 3 is 1.92 bits per heavy atom. The van der Waals surface area contributed by atoms with Gasteiger partial charge >= 0.3 is 0 Å². The van der Waals surface area contributed by atoms with E-state index in [4.69, 9.17) is 14.4 Å². The summed E-state index contributed by atoms with van der Waals surface area (Å²) in [7, 11) is -1.44. The summed E-state index contributed by atoms with van der Waals surface area (Å²) in [4.78, 5) is 9.56. The van der Waals surface area contributed by atoms with E-state index in [-0.39, 0.29) is 30.9 Å². The van der Waals surface area contributed by atoms with E-state index in [0.29, 0.717) is 0 Å². The van der Waals surface area contributed by atoms with E-state index in [0.717, 1.165) is 67.6 Å². The molecule has 0 fully saturated rings. The molecule has 1 radical (unpaired) electrons. The van der Waals surface area contributed by atoms with E-state index in [2.05, 4.69) is 201 Å². The fourth-order valence-corrected chi connectivity index (χ4v) is 9.76. The van der Waals surface area contributed by atoms with Crippen LogP contribution in [-0.2, 0) is 31.9 Å². The quantitative estimate of drug-likeness (QED) is 0.118. The molecule has 3 aromatic heterocycles. The standard InChI is InChI=1S/C33H26NO.C25H30NSi.Ir/c1-33(2,3)25-13-9-12-24(20-25)26-16-17-27(32-31(26)28-14-7-8-15-30(28)35-32)29-21-23(18-19-34-29)22-10-5-4-6-11-22;1-25(2,3)17-22-16-23(26-18-24(22)27(4,5)6)21-14-10-13-20(15-21)19-11-8-7-9-12-19;/h4-16,18-21H,1-3H3;7-13,15-16,18H,17H2,1-6H3;/q2*-1;. The molecule has 5 heteroatoms. The second-order valence-corrected chi connectivity index (χ2v) is 24.6. The molecule has 0 amide bonds. The summed E-state index contributed by atoms with van der Waals surface area (Å²) in [5, 5.41) is 3.68. The number of para-hydroxylation sites is 1. The van der Waals surface area contributed by atoms with E-state index in [1.54, 1.807) is 0 Å². The van der Waals surface area contributed by atoms with Crippen molar-refractivity contribution in [1.29, 1.82) is 0 Å². The molecule has 0 N–H and O–H groups in total. The number of hydrogen-bond donors (Lipinski definition) is 0. The molecule has 0 aliphatic carbocycles. The van der Waals surface area contributed by atoms with Gasteiger partial charge < -0.3 is 14.4 Å². The van der Waals surface area contributed by atoms with E-state index in [1.165, 1.54) is 33.0 Å². The minimum Gasteiger partial charge on any atom is -0.501 e. The van der Waals surface area contributed by atoms with Crippen LogP contribution in [0.4, 0.5) is 0 Å². The van der Waals surface area contributed by atoms with Gasteiger partial charge in [-0.1, -0.05) is 199 Å². The normalized spacial score (nSPS) is 11.8. The predicted octanol–water partition coefficient (Wildman–Crippen LogP) is 15.4. The smallest absolute Gasteiger partial charge is 0.120 e. The molecule has 3 nitrogen and oxygen atoms in total. The first kappa shape index (κ1) is 45.3. The van der Waals surface area contributed by atoms with Gasteiger partial charge in [0.15, 0.2) is 0 Å². The van der Waals surface area contributed by atoms with E-state index in [9.17, 15) is 0 Å². The minimum atomic E-state index is -1.44. The molecule has 9 aromatic rings. The van der Waals surface area contributed by atoms with Gasteiger partial charge in [0.2, 0.25) is 0 Å². The molecule has 0 saturated carbocycles. The zero-order valence-corrected chi connectivity index (χ0v) is 41.3. The summed E-state index contributed by atoms with van der Waals surface area (Å²) in [6.45, 7) is 20.9. The molecule has 319 valence electrons. The molecule has 0 aliphatic heterocycles. The number of pyridine rings is 2. The number of hydrogen-bond acceptors (Lipinski definition) is 3. The van der Waals surface area contributed by atoms with Crippen molar-refractivity contribution in [3.8, 4) is 55.9 Å². The number of fused-ring (bicyclic) bond motifs is 3. The summed E-state index contributed by atoms with van der Waals surface area (Å²) >= 11 is 0. The van der Waals surface area contributed by atoms with Crippen LogP contribution >= 0.6 is 0 Å². The van der Waals surface area contributed by atoms with Gasteiger partial charge in [0.1, 0.15) is 5.58 Å². The Balaban J connectivity index is 0.000000193. The van der Waals surface area contributed by atoms with Crippen LogP contribution in [0, 0.1) is 17.5 Å². The number of furan rings is 1. The van der Waals surface area contributed by atoms with Crippen molar-refractivity contribution in [3.63, 3.8) is 0 Å². The molecule has 63 heavy (non-hydrogen) atoms. The van der Waals surface area contributed by atoms with Crippen LogP contribution in [0.3, 0.4) is 0 Å². The van der Waals surface area contributed by atoms with Crippen molar-refractivity contribution < 1.29 is 24.5 Å². The van der Waals surface area contributed by atoms with Crippen molar-refractivity contribution >= 4 is 35.2 Å². The molecule has 0 bridgehead atoms. The van der Waals surface area contributed by atoms with E-state index in [1.807, 2.05) is 36.5 Å². The Kier molecular flexibility index (Phi) is 13.3. The third-order valence-corrected chi connectivity index (χ3v) is 13.4. The van der Waals surface area contributed by atoms with Crippen molar-refractivity contribution in [2.24, 2.45) is 5.41 Å². The van der Waals surface area contributed by atoms with Crippen molar-refractivity contribution in [2.45, 2.75) is 73.0 Å². The second kappa shape index (κ2) is 18.6. The van der Waals surface area contributed by atoms with Crippen LogP contribution in [-0.4, -0.2) is 18.0 Å². The molecule has 0 spiro atoms. The fraction of sp³-hybridized carbons (Fsp3) is 0.207. The van der Waals surface area contributed by atoms with Crippen molar-refractivity contribution in [2.75, 3.05) is 0 Å². The van der Waals surface area contributed by atoms with Gasteiger partial charge in [0.05, 0.1) is 13.7 Å². The zero-order valence-electron chi connectivity index (χ0n) is 37.9. The third-order valence-electron chi connectivity index (χ3n) is 11.3. The maximum Gasteiger partial charge on any atom is 0.120 e.